The number of nitrogens with zero attached hydrogens (tertiary/aromatic N) is 1. The Morgan fingerprint density at radius 3 is 2.72 bits per heavy atom. The molecule has 1 saturated carbocycles. The summed E-state index contributed by atoms with van der Waals surface area (Å²) in [7, 11) is 0. The summed E-state index contributed by atoms with van der Waals surface area (Å²) in [5.41, 5.74) is 3.42. The Labute approximate surface area is 117 Å². The van der Waals surface area contributed by atoms with E-state index in [1.54, 1.807) is 5.54 Å². The molecule has 1 saturated heterocycles. The topological polar surface area (TPSA) is 15.3 Å². The number of piperazine rings is 1. The molecule has 1 unspecified atom stereocenters. The molecule has 104 valence electrons. The minimum absolute atomic E-state index is 0.399. The molecule has 1 atom stereocenters. The van der Waals surface area contributed by atoms with Gasteiger partial charge in [0.2, 0.25) is 0 Å². The van der Waals surface area contributed by atoms with E-state index in [4.69, 9.17) is 11.6 Å². The maximum absolute atomic E-state index is 5.84. The molecule has 2 nitrogen and oxygen atoms in total. The van der Waals surface area contributed by atoms with Gasteiger partial charge in [0.1, 0.15) is 0 Å². The smallest absolute Gasteiger partial charge is 0.0309 e. The van der Waals surface area contributed by atoms with Crippen LogP contribution in [0.25, 0.3) is 0 Å². The first-order chi connectivity index (χ1) is 8.69. The van der Waals surface area contributed by atoms with Crippen molar-refractivity contribution in [1.82, 2.24) is 10.2 Å². The summed E-state index contributed by atoms with van der Waals surface area (Å²) >= 11 is 5.84. The molecule has 1 heterocycles. The highest BCUT2D eigenvalue weighted by Crippen LogP contribution is 2.32. The highest BCUT2D eigenvalue weighted by Gasteiger charge is 2.39. The lowest BCUT2D eigenvalue weighted by Crippen LogP contribution is -2.64. The zero-order valence-electron chi connectivity index (χ0n) is 11.8. The van der Waals surface area contributed by atoms with Gasteiger partial charge in [-0.3, -0.25) is 4.90 Å². The molecule has 0 aromatic heterocycles. The van der Waals surface area contributed by atoms with Crippen LogP contribution >= 0.6 is 11.6 Å². The van der Waals surface area contributed by atoms with Gasteiger partial charge in [0.15, 0.2) is 0 Å². The lowest BCUT2D eigenvalue weighted by atomic mass is 9.79. The first-order valence-corrected chi connectivity index (χ1v) is 7.88. The largest absolute Gasteiger partial charge is 0.308 e. The minimum Gasteiger partial charge on any atom is -0.308 e. The van der Waals surface area contributed by atoms with Gasteiger partial charge < -0.3 is 5.32 Å². The second-order valence-corrected chi connectivity index (χ2v) is 6.36. The van der Waals surface area contributed by atoms with Crippen LogP contribution in [0.3, 0.4) is 0 Å². The first-order valence-electron chi connectivity index (χ1n) is 7.44. The van der Waals surface area contributed by atoms with Crippen LogP contribution < -0.4 is 5.32 Å². The van der Waals surface area contributed by atoms with Gasteiger partial charge in [0, 0.05) is 36.8 Å². The Balaban J connectivity index is 2.03. The van der Waals surface area contributed by atoms with Crippen LogP contribution in [0.1, 0.15) is 52.4 Å². The monoisotopic (exact) mass is 270 g/mol. The molecule has 0 radical (unpaired) electrons. The van der Waals surface area contributed by atoms with E-state index in [1.165, 1.54) is 50.6 Å². The summed E-state index contributed by atoms with van der Waals surface area (Å²) in [6, 6.07) is 0.670. The number of halogens is 1. The van der Waals surface area contributed by atoms with Crippen LogP contribution in [-0.2, 0) is 0 Å². The van der Waals surface area contributed by atoms with E-state index in [2.05, 4.69) is 24.1 Å². The van der Waals surface area contributed by atoms with Crippen molar-refractivity contribution in [2.45, 2.75) is 64.0 Å². The van der Waals surface area contributed by atoms with Crippen molar-refractivity contribution in [2.24, 2.45) is 0 Å². The second-order valence-electron chi connectivity index (χ2n) is 6.14. The molecule has 0 aromatic rings. The highest BCUT2D eigenvalue weighted by atomic mass is 35.5. The van der Waals surface area contributed by atoms with Crippen molar-refractivity contribution < 1.29 is 0 Å². The molecule has 18 heavy (non-hydrogen) atoms. The number of hydrogen-bond donors (Lipinski definition) is 1. The Morgan fingerprint density at radius 1 is 1.39 bits per heavy atom. The van der Waals surface area contributed by atoms with Gasteiger partial charge in [0.25, 0.3) is 0 Å². The second kappa shape index (κ2) is 6.40. The average molecular weight is 271 g/mol. The molecule has 2 rings (SSSR count). The van der Waals surface area contributed by atoms with E-state index in [9.17, 15) is 0 Å². The van der Waals surface area contributed by atoms with E-state index in [0.29, 0.717) is 11.6 Å². The van der Waals surface area contributed by atoms with E-state index in [0.717, 1.165) is 13.1 Å². The first kappa shape index (κ1) is 14.4. The SMILES string of the molecule is CCC1CNC2(CCCCC2)CN1CC(C)=CCl. The Hall–Kier alpha value is -0.0500. The molecule has 0 amide bonds. The third kappa shape index (κ3) is 3.28. The average Bonchev–Trinajstić information content (AvgIpc) is 2.40. The maximum Gasteiger partial charge on any atom is 0.0309 e. The fraction of sp³-hybridized carbons (Fsp3) is 0.867. The Morgan fingerprint density at radius 2 is 2.11 bits per heavy atom. The lowest BCUT2D eigenvalue weighted by molar-refractivity contribution is 0.0611. The summed E-state index contributed by atoms with van der Waals surface area (Å²) in [4.78, 5) is 2.65. The lowest BCUT2D eigenvalue weighted by Gasteiger charge is -2.49. The number of nitrogens with one attached hydrogen (secondary N) is 1. The zero-order chi connectivity index (χ0) is 13.0. The van der Waals surface area contributed by atoms with Gasteiger partial charge in [-0.05, 0) is 31.8 Å². The van der Waals surface area contributed by atoms with Gasteiger partial charge in [0.05, 0.1) is 0 Å². The van der Waals surface area contributed by atoms with E-state index >= 15 is 0 Å². The summed E-state index contributed by atoms with van der Waals surface area (Å²) in [6.45, 7) is 7.80. The minimum atomic E-state index is 0.399. The number of hydrogen-bond acceptors (Lipinski definition) is 2. The Bertz CT molecular complexity index is 295. The molecule has 0 bridgehead atoms. The number of rotatable bonds is 3. The van der Waals surface area contributed by atoms with Crippen molar-refractivity contribution in [3.8, 4) is 0 Å². The van der Waals surface area contributed by atoms with Crippen molar-refractivity contribution in [3.63, 3.8) is 0 Å². The van der Waals surface area contributed by atoms with Crippen molar-refractivity contribution in [1.29, 1.82) is 0 Å². The van der Waals surface area contributed by atoms with Crippen molar-refractivity contribution >= 4 is 11.6 Å². The van der Waals surface area contributed by atoms with Crippen LogP contribution in [0.5, 0.6) is 0 Å². The van der Waals surface area contributed by atoms with Crippen LogP contribution in [0.15, 0.2) is 11.1 Å². The Kier molecular flexibility index (Phi) is 5.11. The van der Waals surface area contributed by atoms with Gasteiger partial charge >= 0.3 is 0 Å². The van der Waals surface area contributed by atoms with Crippen molar-refractivity contribution in [3.05, 3.63) is 11.1 Å². The standard InChI is InChI=1S/C15H27ClN2/c1-3-14-10-17-15(7-5-4-6-8-15)12-18(14)11-13(2)9-16/h9,14,17H,3-8,10-12H2,1-2H3. The molecule has 0 aromatic carbocycles. The molecule has 1 N–H and O–H groups in total. The molecule has 1 aliphatic carbocycles. The summed E-state index contributed by atoms with van der Waals surface area (Å²) < 4.78 is 0. The van der Waals surface area contributed by atoms with Crippen LogP contribution in [0, 0.1) is 0 Å². The molecule has 1 aliphatic heterocycles. The molecular weight excluding hydrogens is 244 g/mol. The summed E-state index contributed by atoms with van der Waals surface area (Å²) in [5, 5.41) is 3.86. The fourth-order valence-corrected chi connectivity index (χ4v) is 3.61. The third-order valence-corrected chi connectivity index (χ3v) is 5.03. The fourth-order valence-electron chi connectivity index (χ4n) is 3.54. The zero-order valence-corrected chi connectivity index (χ0v) is 12.6. The van der Waals surface area contributed by atoms with Gasteiger partial charge in [-0.2, -0.15) is 0 Å². The van der Waals surface area contributed by atoms with Crippen LogP contribution in [0.4, 0.5) is 0 Å². The summed E-state index contributed by atoms with van der Waals surface area (Å²) in [6.07, 6.45) is 8.12. The van der Waals surface area contributed by atoms with Gasteiger partial charge in [-0.25, -0.2) is 0 Å². The predicted octanol–water partition coefficient (Wildman–Crippen LogP) is 3.52. The molecule has 2 aliphatic rings. The van der Waals surface area contributed by atoms with E-state index in [-0.39, 0.29) is 0 Å². The molecule has 1 spiro atoms. The summed E-state index contributed by atoms with van der Waals surface area (Å²) in [5.74, 6) is 0. The van der Waals surface area contributed by atoms with Crippen molar-refractivity contribution in [2.75, 3.05) is 19.6 Å². The van der Waals surface area contributed by atoms with E-state index < -0.39 is 0 Å². The highest BCUT2D eigenvalue weighted by molar-refractivity contribution is 6.25. The van der Waals surface area contributed by atoms with Crippen LogP contribution in [-0.4, -0.2) is 36.1 Å². The molecule has 2 fully saturated rings. The van der Waals surface area contributed by atoms with Gasteiger partial charge in [-0.1, -0.05) is 37.8 Å². The normalized spacial score (nSPS) is 29.7. The molecule has 3 heteroatoms. The predicted molar refractivity (Wildman–Crippen MR) is 79.1 cm³/mol. The molecular formula is C15H27ClN2. The quantitative estimate of drug-likeness (QED) is 0.844. The van der Waals surface area contributed by atoms with E-state index in [1.807, 2.05) is 0 Å². The third-order valence-electron chi connectivity index (χ3n) is 4.66. The van der Waals surface area contributed by atoms with Gasteiger partial charge in [-0.15, -0.1) is 0 Å². The van der Waals surface area contributed by atoms with Crippen LogP contribution in [0.2, 0.25) is 0 Å². The maximum atomic E-state index is 5.84.